The van der Waals surface area contributed by atoms with Gasteiger partial charge in [-0.3, -0.25) is 9.59 Å². The lowest BCUT2D eigenvalue weighted by Gasteiger charge is -2.34. The Morgan fingerprint density at radius 3 is 2.56 bits per heavy atom. The van der Waals surface area contributed by atoms with Crippen molar-refractivity contribution >= 4 is 44.5 Å². The Kier molecular flexibility index (Phi) is 7.83. The van der Waals surface area contributed by atoms with Gasteiger partial charge in [-0.2, -0.15) is 4.72 Å². The number of sulfonamides is 1. The molecule has 2 atom stereocenters. The number of likely N-dealkylation sites (tertiary alicyclic amines) is 3. The van der Waals surface area contributed by atoms with E-state index in [4.69, 9.17) is 0 Å². The van der Waals surface area contributed by atoms with Crippen molar-refractivity contribution in [3.63, 3.8) is 0 Å². The highest BCUT2D eigenvalue weighted by molar-refractivity contribution is 7.91. The highest BCUT2D eigenvalue weighted by Gasteiger charge is 2.36. The number of thiophene rings is 2. The standard InChI is InChI=1S/C25H34N4O4S3/c1-18-12-22(34-16-18)19-13-24(35-17-19)36(32,33)26-21-7-5-10-28(25(21)31)15-23(30)29-11-4-6-20(29)14-27-8-2-3-9-27/h12-13,16-17,20-21,26H,2-11,14-15H2,1H3/t20-,21-/m0/s1. The first-order chi connectivity index (χ1) is 17.3. The lowest BCUT2D eigenvalue weighted by atomic mass is 10.1. The molecule has 3 fully saturated rings. The molecule has 11 heteroatoms. The lowest BCUT2D eigenvalue weighted by Crippen LogP contribution is -2.55. The van der Waals surface area contributed by atoms with Crippen molar-refractivity contribution in [3.8, 4) is 10.4 Å². The van der Waals surface area contributed by atoms with Gasteiger partial charge >= 0.3 is 0 Å². The van der Waals surface area contributed by atoms with E-state index < -0.39 is 16.1 Å². The molecule has 3 saturated heterocycles. The van der Waals surface area contributed by atoms with Crippen molar-refractivity contribution in [2.75, 3.05) is 39.3 Å². The normalized spacial score (nSPS) is 23.6. The van der Waals surface area contributed by atoms with Crippen LogP contribution in [0, 0.1) is 6.92 Å². The highest BCUT2D eigenvalue weighted by Crippen LogP contribution is 2.33. The number of aryl methyl sites for hydroxylation is 1. The molecule has 0 saturated carbocycles. The third kappa shape index (κ3) is 5.70. The van der Waals surface area contributed by atoms with Crippen LogP contribution < -0.4 is 4.72 Å². The van der Waals surface area contributed by atoms with E-state index >= 15 is 0 Å². The summed E-state index contributed by atoms with van der Waals surface area (Å²) in [6, 6.07) is 3.07. The summed E-state index contributed by atoms with van der Waals surface area (Å²) < 4.78 is 29.0. The van der Waals surface area contributed by atoms with Crippen LogP contribution in [0.2, 0.25) is 0 Å². The molecule has 1 N–H and O–H groups in total. The summed E-state index contributed by atoms with van der Waals surface area (Å²) in [5.41, 5.74) is 2.01. The molecule has 5 heterocycles. The van der Waals surface area contributed by atoms with Gasteiger partial charge < -0.3 is 14.7 Å². The highest BCUT2D eigenvalue weighted by atomic mass is 32.2. The van der Waals surface area contributed by atoms with Gasteiger partial charge in [0.2, 0.25) is 11.8 Å². The van der Waals surface area contributed by atoms with E-state index in [-0.39, 0.29) is 28.6 Å². The Morgan fingerprint density at radius 2 is 1.81 bits per heavy atom. The number of amides is 2. The van der Waals surface area contributed by atoms with Gasteiger partial charge in [-0.05, 0) is 81.6 Å². The monoisotopic (exact) mass is 550 g/mol. The quantitative estimate of drug-likeness (QED) is 0.546. The largest absolute Gasteiger partial charge is 0.337 e. The number of carbonyl (C=O) groups excluding carboxylic acids is 2. The van der Waals surface area contributed by atoms with Gasteiger partial charge in [0.1, 0.15) is 10.3 Å². The molecule has 8 nitrogen and oxygen atoms in total. The molecule has 0 aromatic carbocycles. The molecule has 36 heavy (non-hydrogen) atoms. The molecule has 3 aliphatic heterocycles. The van der Waals surface area contributed by atoms with Crippen LogP contribution in [0.15, 0.2) is 27.1 Å². The van der Waals surface area contributed by atoms with Crippen molar-refractivity contribution in [1.82, 2.24) is 19.4 Å². The molecule has 0 unspecified atom stereocenters. The molecule has 5 rings (SSSR count). The minimum Gasteiger partial charge on any atom is -0.337 e. The topological polar surface area (TPSA) is 90.0 Å². The van der Waals surface area contributed by atoms with Crippen LogP contribution in [0.1, 0.15) is 44.1 Å². The second-order valence-electron chi connectivity index (χ2n) is 10.1. The van der Waals surface area contributed by atoms with Crippen molar-refractivity contribution in [2.45, 2.75) is 61.7 Å². The maximum absolute atomic E-state index is 13.2. The maximum atomic E-state index is 13.2. The van der Waals surface area contributed by atoms with Gasteiger partial charge in [-0.15, -0.1) is 22.7 Å². The lowest BCUT2D eigenvalue weighted by molar-refractivity contribution is -0.143. The first kappa shape index (κ1) is 25.8. The van der Waals surface area contributed by atoms with E-state index in [0.29, 0.717) is 19.4 Å². The zero-order valence-electron chi connectivity index (χ0n) is 20.6. The van der Waals surface area contributed by atoms with Crippen molar-refractivity contribution < 1.29 is 18.0 Å². The molecule has 2 aromatic heterocycles. The summed E-state index contributed by atoms with van der Waals surface area (Å²) >= 11 is 2.74. The summed E-state index contributed by atoms with van der Waals surface area (Å²) in [6.45, 7) is 6.36. The minimum atomic E-state index is -3.84. The Morgan fingerprint density at radius 1 is 1.03 bits per heavy atom. The smallest absolute Gasteiger partial charge is 0.250 e. The molecule has 0 radical (unpaired) electrons. The van der Waals surface area contributed by atoms with Gasteiger partial charge in [-0.25, -0.2) is 8.42 Å². The van der Waals surface area contributed by atoms with E-state index in [2.05, 4.69) is 9.62 Å². The number of hydrogen-bond donors (Lipinski definition) is 1. The van der Waals surface area contributed by atoms with Crippen molar-refractivity contribution in [2.24, 2.45) is 0 Å². The number of piperidine rings is 1. The van der Waals surface area contributed by atoms with Crippen molar-refractivity contribution in [1.29, 1.82) is 0 Å². The van der Waals surface area contributed by atoms with Crippen LogP contribution in [0.4, 0.5) is 0 Å². The average Bonchev–Trinajstić information content (AvgIpc) is 3.64. The first-order valence-corrected chi connectivity index (χ1v) is 16.0. The summed E-state index contributed by atoms with van der Waals surface area (Å²) in [4.78, 5) is 33.3. The SMILES string of the molecule is Cc1csc(-c2csc(S(=O)(=O)N[C@H]3CCCN(CC(=O)N4CCC[C@H]4CN4CCCC4)C3=O)c2)c1. The van der Waals surface area contributed by atoms with Crippen LogP contribution in [0.5, 0.6) is 0 Å². The zero-order valence-corrected chi connectivity index (χ0v) is 23.1. The Balaban J connectivity index is 1.20. The van der Waals surface area contributed by atoms with Crippen LogP contribution in [-0.4, -0.2) is 86.3 Å². The van der Waals surface area contributed by atoms with Crippen LogP contribution >= 0.6 is 22.7 Å². The number of carbonyl (C=O) groups is 2. The predicted octanol–water partition coefficient (Wildman–Crippen LogP) is 3.14. The summed E-state index contributed by atoms with van der Waals surface area (Å²) in [7, 11) is -3.84. The van der Waals surface area contributed by atoms with E-state index in [0.717, 1.165) is 66.4 Å². The number of hydrogen-bond acceptors (Lipinski definition) is 7. The molecule has 0 aliphatic carbocycles. The Labute approximate surface area is 221 Å². The summed E-state index contributed by atoms with van der Waals surface area (Å²) in [5, 5.41) is 3.87. The fourth-order valence-electron chi connectivity index (χ4n) is 5.49. The van der Waals surface area contributed by atoms with E-state index in [1.54, 1.807) is 22.3 Å². The van der Waals surface area contributed by atoms with Crippen LogP contribution in [0.3, 0.4) is 0 Å². The van der Waals surface area contributed by atoms with Gasteiger partial charge in [0, 0.05) is 41.5 Å². The summed E-state index contributed by atoms with van der Waals surface area (Å²) in [6.07, 6.45) is 5.54. The Bertz CT molecular complexity index is 1200. The zero-order chi connectivity index (χ0) is 25.3. The maximum Gasteiger partial charge on any atom is 0.250 e. The fourth-order valence-corrected chi connectivity index (χ4v) is 8.88. The van der Waals surface area contributed by atoms with E-state index in [1.807, 2.05) is 28.7 Å². The van der Waals surface area contributed by atoms with E-state index in [1.165, 1.54) is 12.8 Å². The third-order valence-corrected chi connectivity index (χ3v) is 11.4. The van der Waals surface area contributed by atoms with Gasteiger partial charge in [0.15, 0.2) is 0 Å². The van der Waals surface area contributed by atoms with Crippen LogP contribution in [-0.2, 0) is 19.6 Å². The van der Waals surface area contributed by atoms with Crippen molar-refractivity contribution in [3.05, 3.63) is 28.5 Å². The minimum absolute atomic E-state index is 0.0223. The average molecular weight is 551 g/mol. The second-order valence-corrected chi connectivity index (χ2v) is 13.9. The first-order valence-electron chi connectivity index (χ1n) is 12.8. The molecule has 0 spiro atoms. The van der Waals surface area contributed by atoms with Gasteiger partial charge in [-0.1, -0.05) is 0 Å². The third-order valence-electron chi connectivity index (χ3n) is 7.37. The number of nitrogens with zero attached hydrogens (tertiary/aromatic N) is 3. The Hall–Kier alpha value is -1.79. The van der Waals surface area contributed by atoms with E-state index in [9.17, 15) is 18.0 Å². The van der Waals surface area contributed by atoms with Gasteiger partial charge in [0.25, 0.3) is 10.0 Å². The summed E-state index contributed by atoms with van der Waals surface area (Å²) in [5.74, 6) is -0.332. The van der Waals surface area contributed by atoms with Crippen LogP contribution in [0.25, 0.3) is 10.4 Å². The number of nitrogens with one attached hydrogen (secondary N) is 1. The predicted molar refractivity (Wildman–Crippen MR) is 143 cm³/mol. The van der Waals surface area contributed by atoms with Gasteiger partial charge in [0.05, 0.1) is 6.54 Å². The molecular weight excluding hydrogens is 517 g/mol. The fraction of sp³-hybridized carbons (Fsp3) is 0.600. The molecule has 0 bridgehead atoms. The molecule has 2 aromatic rings. The molecular formula is C25H34N4O4S3. The molecule has 196 valence electrons. The number of rotatable bonds is 8. The molecule has 2 amide bonds. The molecule has 3 aliphatic rings. The second kappa shape index (κ2) is 10.9.